The summed E-state index contributed by atoms with van der Waals surface area (Å²) >= 11 is 7.11. The molecule has 1 unspecified atom stereocenters. The minimum atomic E-state index is -1.19. The van der Waals surface area contributed by atoms with Crippen LogP contribution in [0.4, 0.5) is 4.79 Å². The van der Waals surface area contributed by atoms with E-state index >= 15 is 0 Å². The molecular formula is C34H41ClN4O7S. The van der Waals surface area contributed by atoms with Crippen molar-refractivity contribution >= 4 is 53.0 Å². The number of thiophene rings is 1. The zero-order chi connectivity index (χ0) is 34.7. The molecule has 0 aliphatic carbocycles. The summed E-state index contributed by atoms with van der Waals surface area (Å²) in [4.78, 5) is 64.6. The maximum absolute atomic E-state index is 13.9. The predicted octanol–water partition coefficient (Wildman–Crippen LogP) is 4.97. The molecule has 0 spiro atoms. The molecule has 0 aliphatic rings. The Hall–Kier alpha value is -4.42. The van der Waals surface area contributed by atoms with Gasteiger partial charge in [-0.25, -0.2) is 4.79 Å². The second-order valence-corrected chi connectivity index (χ2v) is 13.9. The number of nitrogens with one attached hydrogen (secondary N) is 4. The molecule has 1 heterocycles. The standard InChI is InChI=1S/C34H41ClN4O7S/c1-20(2)26(19-40)38-32(43)29(23-11-13-24(45-6)14-12-23)39-30(41)25(37-31(42)27-15-16-28(35)47-27)17-21-7-9-22(10-8-21)18-36-33(44)46-34(3,4)5/h7-16,19-20,25-26,29H,17-18H2,1-6H3,(H,36,44)(H,37,42)(H,38,43)(H,39,41)/t25-,26+,29?/m0/s1. The van der Waals surface area contributed by atoms with E-state index in [0.717, 1.165) is 16.9 Å². The number of hydrogen-bond donors (Lipinski definition) is 4. The Morgan fingerprint density at radius 1 is 0.872 bits per heavy atom. The molecule has 1 aromatic heterocycles. The summed E-state index contributed by atoms with van der Waals surface area (Å²) in [6.45, 7) is 9.14. The SMILES string of the molecule is COc1ccc(C(NC(=O)[C@H](Cc2ccc(CNC(=O)OC(C)(C)C)cc2)NC(=O)c2ccc(Cl)s2)C(=O)N[C@H](C=O)C(C)C)cc1. The number of rotatable bonds is 14. The molecule has 0 saturated heterocycles. The smallest absolute Gasteiger partial charge is 0.407 e. The van der Waals surface area contributed by atoms with Crippen LogP contribution in [0, 0.1) is 5.92 Å². The molecule has 47 heavy (non-hydrogen) atoms. The van der Waals surface area contributed by atoms with Crippen LogP contribution in [0.15, 0.2) is 60.7 Å². The van der Waals surface area contributed by atoms with E-state index in [0.29, 0.717) is 32.4 Å². The van der Waals surface area contributed by atoms with E-state index in [2.05, 4.69) is 21.3 Å². The predicted molar refractivity (Wildman–Crippen MR) is 181 cm³/mol. The Kier molecular flexibility index (Phi) is 13.3. The van der Waals surface area contributed by atoms with Crippen LogP contribution >= 0.6 is 22.9 Å². The van der Waals surface area contributed by atoms with Crippen LogP contribution in [0.2, 0.25) is 4.34 Å². The van der Waals surface area contributed by atoms with Crippen LogP contribution in [-0.2, 0) is 32.1 Å². The molecule has 13 heteroatoms. The first kappa shape index (κ1) is 37.0. The van der Waals surface area contributed by atoms with Gasteiger partial charge in [-0.2, -0.15) is 0 Å². The largest absolute Gasteiger partial charge is 0.497 e. The van der Waals surface area contributed by atoms with Crippen LogP contribution in [0.3, 0.4) is 0 Å². The number of amides is 4. The third-order valence-electron chi connectivity index (χ3n) is 6.89. The second-order valence-electron chi connectivity index (χ2n) is 12.1. The number of carbonyl (C=O) groups is 5. The summed E-state index contributed by atoms with van der Waals surface area (Å²) in [5.41, 5.74) is 1.33. The Balaban J connectivity index is 1.85. The molecule has 2 aromatic carbocycles. The fraction of sp³-hybridized carbons (Fsp3) is 0.382. The van der Waals surface area contributed by atoms with Gasteiger partial charge in [0, 0.05) is 13.0 Å². The molecule has 0 saturated carbocycles. The summed E-state index contributed by atoms with van der Waals surface area (Å²) in [5, 5.41) is 11.0. The number of ether oxygens (including phenoxy) is 2. The minimum absolute atomic E-state index is 0.0797. The fourth-order valence-corrected chi connectivity index (χ4v) is 5.28. The normalized spacial score (nSPS) is 13.1. The average Bonchev–Trinajstić information content (AvgIpc) is 3.47. The van der Waals surface area contributed by atoms with Crippen molar-refractivity contribution in [2.45, 2.75) is 71.3 Å². The lowest BCUT2D eigenvalue weighted by molar-refractivity contribution is -0.131. The number of methoxy groups -OCH3 is 1. The van der Waals surface area contributed by atoms with Gasteiger partial charge in [-0.3, -0.25) is 14.4 Å². The van der Waals surface area contributed by atoms with Gasteiger partial charge in [-0.05, 0) is 67.6 Å². The van der Waals surface area contributed by atoms with E-state index in [9.17, 15) is 24.0 Å². The van der Waals surface area contributed by atoms with Gasteiger partial charge in [0.1, 0.15) is 29.7 Å². The number of benzene rings is 2. The lowest BCUT2D eigenvalue weighted by atomic mass is 10.0. The van der Waals surface area contributed by atoms with Gasteiger partial charge in [0.25, 0.3) is 5.91 Å². The van der Waals surface area contributed by atoms with Crippen LogP contribution in [0.1, 0.15) is 67.0 Å². The molecular weight excluding hydrogens is 644 g/mol. The molecule has 4 amide bonds. The van der Waals surface area contributed by atoms with Gasteiger partial charge in [0.15, 0.2) is 0 Å². The summed E-state index contributed by atoms with van der Waals surface area (Å²) in [6, 6.07) is 13.8. The van der Waals surface area contributed by atoms with E-state index in [1.165, 1.54) is 7.11 Å². The van der Waals surface area contributed by atoms with Crippen molar-refractivity contribution in [2.24, 2.45) is 5.92 Å². The molecule has 3 rings (SSSR count). The molecule has 0 radical (unpaired) electrons. The van der Waals surface area contributed by atoms with Crippen molar-refractivity contribution in [3.8, 4) is 5.75 Å². The van der Waals surface area contributed by atoms with Crippen molar-refractivity contribution in [3.63, 3.8) is 0 Å². The van der Waals surface area contributed by atoms with Gasteiger partial charge >= 0.3 is 6.09 Å². The topological polar surface area (TPSA) is 152 Å². The Morgan fingerprint density at radius 3 is 2.04 bits per heavy atom. The molecule has 0 aliphatic heterocycles. The fourth-order valence-electron chi connectivity index (χ4n) is 4.34. The van der Waals surface area contributed by atoms with Crippen molar-refractivity contribution < 1.29 is 33.4 Å². The van der Waals surface area contributed by atoms with Crippen LogP contribution in [-0.4, -0.2) is 54.9 Å². The summed E-state index contributed by atoms with van der Waals surface area (Å²) in [5.74, 6) is -1.36. The number of hydrogen-bond acceptors (Lipinski definition) is 8. The highest BCUT2D eigenvalue weighted by molar-refractivity contribution is 7.18. The summed E-state index contributed by atoms with van der Waals surface area (Å²) in [7, 11) is 1.51. The molecule has 0 fully saturated rings. The van der Waals surface area contributed by atoms with E-state index < -0.39 is 47.5 Å². The highest BCUT2D eigenvalue weighted by Gasteiger charge is 2.30. The molecule has 0 bridgehead atoms. The van der Waals surface area contributed by atoms with E-state index in [-0.39, 0.29) is 18.9 Å². The maximum atomic E-state index is 13.9. The first-order valence-corrected chi connectivity index (χ1v) is 16.2. The third kappa shape index (κ3) is 11.7. The van der Waals surface area contributed by atoms with Crippen molar-refractivity contribution in [1.82, 2.24) is 21.3 Å². The molecule has 11 nitrogen and oxygen atoms in total. The minimum Gasteiger partial charge on any atom is -0.497 e. The van der Waals surface area contributed by atoms with Crippen LogP contribution in [0.5, 0.6) is 5.75 Å². The van der Waals surface area contributed by atoms with Gasteiger partial charge in [-0.15, -0.1) is 11.3 Å². The number of halogens is 1. The lowest BCUT2D eigenvalue weighted by Gasteiger charge is -2.25. The Morgan fingerprint density at radius 2 is 1.51 bits per heavy atom. The van der Waals surface area contributed by atoms with E-state index in [1.807, 2.05) is 0 Å². The van der Waals surface area contributed by atoms with Gasteiger partial charge in [-0.1, -0.05) is 61.8 Å². The molecule has 3 aromatic rings. The van der Waals surface area contributed by atoms with Crippen molar-refractivity contribution in [2.75, 3.05) is 7.11 Å². The van der Waals surface area contributed by atoms with Crippen molar-refractivity contribution in [1.29, 1.82) is 0 Å². The highest BCUT2D eigenvalue weighted by Crippen LogP contribution is 2.22. The first-order chi connectivity index (χ1) is 22.2. The zero-order valence-corrected chi connectivity index (χ0v) is 28.8. The molecule has 3 atom stereocenters. The maximum Gasteiger partial charge on any atom is 0.407 e. The molecule has 252 valence electrons. The van der Waals surface area contributed by atoms with E-state index in [1.54, 1.807) is 95.3 Å². The monoisotopic (exact) mass is 684 g/mol. The van der Waals surface area contributed by atoms with Crippen LogP contribution < -0.4 is 26.0 Å². The van der Waals surface area contributed by atoms with Gasteiger partial charge < -0.3 is 35.5 Å². The quantitative estimate of drug-likeness (QED) is 0.175. The van der Waals surface area contributed by atoms with Crippen molar-refractivity contribution in [3.05, 3.63) is 86.6 Å². The highest BCUT2D eigenvalue weighted by atomic mass is 35.5. The van der Waals surface area contributed by atoms with Crippen LogP contribution in [0.25, 0.3) is 0 Å². The number of carbonyl (C=O) groups excluding carboxylic acids is 5. The Labute approximate surface area is 283 Å². The number of aldehydes is 1. The zero-order valence-electron chi connectivity index (χ0n) is 27.2. The molecule has 4 N–H and O–H groups in total. The van der Waals surface area contributed by atoms with Gasteiger partial charge in [0.2, 0.25) is 11.8 Å². The average molecular weight is 685 g/mol. The second kappa shape index (κ2) is 16.9. The number of alkyl carbamates (subject to hydrolysis) is 1. The van der Waals surface area contributed by atoms with E-state index in [4.69, 9.17) is 21.1 Å². The van der Waals surface area contributed by atoms with Gasteiger partial charge in [0.05, 0.1) is 22.4 Å². The Bertz CT molecular complexity index is 1540. The summed E-state index contributed by atoms with van der Waals surface area (Å²) < 4.78 is 10.9. The summed E-state index contributed by atoms with van der Waals surface area (Å²) in [6.07, 6.45) is 0.186. The first-order valence-electron chi connectivity index (χ1n) is 15.0. The third-order valence-corrected chi connectivity index (χ3v) is 8.12. The lowest BCUT2D eigenvalue weighted by Crippen LogP contribution is -2.52.